The first-order valence-electron chi connectivity index (χ1n) is 6.67. The standard InChI is InChI=1S/C12H21N4O5P/c1-12(2,3)20-11(19)16-5-4-7(6-16)8(17)14-9(13)15-10(18)21-22/h7H,4-6,22H2,1-3H3,(H3,13,14,15,17,18)/t7-/m0/s1. The van der Waals surface area contributed by atoms with E-state index in [9.17, 15) is 14.4 Å². The highest BCUT2D eigenvalue weighted by Gasteiger charge is 2.33. The Labute approximate surface area is 130 Å². The molecule has 2 atom stereocenters. The third-order valence-electron chi connectivity index (χ3n) is 2.79. The predicted octanol–water partition coefficient (Wildman–Crippen LogP) is 0.811. The lowest BCUT2D eigenvalue weighted by molar-refractivity contribution is -0.123. The number of amides is 3. The molecule has 1 aliphatic rings. The topological polar surface area (TPSA) is 121 Å². The summed E-state index contributed by atoms with van der Waals surface area (Å²) in [7, 11) is 1.73. The summed E-state index contributed by atoms with van der Waals surface area (Å²) in [5.41, 5.74) is -0.595. The summed E-state index contributed by atoms with van der Waals surface area (Å²) in [6.07, 6.45) is -0.883. The summed E-state index contributed by atoms with van der Waals surface area (Å²) >= 11 is 0. The fourth-order valence-corrected chi connectivity index (χ4v) is 1.91. The van der Waals surface area contributed by atoms with E-state index in [0.29, 0.717) is 13.0 Å². The maximum Gasteiger partial charge on any atom is 0.416 e. The molecule has 0 aromatic carbocycles. The van der Waals surface area contributed by atoms with Gasteiger partial charge in [0.2, 0.25) is 11.9 Å². The highest BCUT2D eigenvalue weighted by atomic mass is 31.0. The molecule has 1 saturated heterocycles. The fraction of sp³-hybridized carbons (Fsp3) is 0.667. The zero-order valence-electron chi connectivity index (χ0n) is 12.8. The Balaban J connectivity index is 2.45. The van der Waals surface area contributed by atoms with Gasteiger partial charge in [0.05, 0.1) is 15.4 Å². The summed E-state index contributed by atoms with van der Waals surface area (Å²) in [6.45, 7) is 5.92. The van der Waals surface area contributed by atoms with Crippen molar-refractivity contribution in [3.8, 4) is 0 Å². The smallest absolute Gasteiger partial charge is 0.416 e. The van der Waals surface area contributed by atoms with Gasteiger partial charge in [-0.2, -0.15) is 0 Å². The molecule has 0 aromatic heterocycles. The number of carbonyl (C=O) groups excluding carboxylic acids is 3. The second-order valence-electron chi connectivity index (χ2n) is 5.81. The Hall–Kier alpha value is -1.89. The third kappa shape index (κ3) is 5.85. The van der Waals surface area contributed by atoms with Gasteiger partial charge >= 0.3 is 12.2 Å². The number of hydrogen-bond acceptors (Lipinski definition) is 6. The predicted molar refractivity (Wildman–Crippen MR) is 81.1 cm³/mol. The molecule has 3 N–H and O–H groups in total. The van der Waals surface area contributed by atoms with Crippen LogP contribution in [0.4, 0.5) is 9.59 Å². The van der Waals surface area contributed by atoms with Gasteiger partial charge in [0.25, 0.3) is 0 Å². The fourth-order valence-electron chi connectivity index (χ4n) is 1.85. The number of ether oxygens (including phenoxy) is 1. The van der Waals surface area contributed by atoms with Crippen LogP contribution in [0.2, 0.25) is 0 Å². The lowest BCUT2D eigenvalue weighted by Crippen LogP contribution is -2.45. The molecular weight excluding hydrogens is 311 g/mol. The second kappa shape index (κ2) is 7.40. The molecule has 9 nitrogen and oxygen atoms in total. The van der Waals surface area contributed by atoms with Crippen molar-refractivity contribution >= 4 is 33.5 Å². The lowest BCUT2D eigenvalue weighted by Gasteiger charge is -2.24. The largest absolute Gasteiger partial charge is 0.444 e. The Morgan fingerprint density at radius 2 is 1.91 bits per heavy atom. The summed E-state index contributed by atoms with van der Waals surface area (Å²) in [5.74, 6) is -1.38. The maximum absolute atomic E-state index is 12.0. The van der Waals surface area contributed by atoms with Gasteiger partial charge in [-0.05, 0) is 27.2 Å². The Morgan fingerprint density at radius 1 is 1.27 bits per heavy atom. The molecule has 1 fully saturated rings. The van der Waals surface area contributed by atoms with E-state index in [0.717, 1.165) is 0 Å². The summed E-state index contributed by atoms with van der Waals surface area (Å²) in [4.78, 5) is 36.2. The number of nitrogens with one attached hydrogen (secondary N) is 3. The minimum absolute atomic E-state index is 0.210. The molecule has 3 amide bonds. The van der Waals surface area contributed by atoms with Crippen molar-refractivity contribution in [2.24, 2.45) is 5.92 Å². The number of hydrogen-bond donors (Lipinski definition) is 3. The first-order valence-corrected chi connectivity index (χ1v) is 7.14. The van der Waals surface area contributed by atoms with Crippen molar-refractivity contribution < 1.29 is 23.6 Å². The number of guanidine groups is 1. The molecule has 0 aliphatic carbocycles. The highest BCUT2D eigenvalue weighted by molar-refractivity contribution is 7.10. The van der Waals surface area contributed by atoms with E-state index in [1.807, 2.05) is 5.32 Å². The summed E-state index contributed by atoms with van der Waals surface area (Å²) < 4.78 is 9.46. The second-order valence-corrected chi connectivity index (χ2v) is 6.04. The van der Waals surface area contributed by atoms with Gasteiger partial charge in [0, 0.05) is 13.1 Å². The van der Waals surface area contributed by atoms with E-state index < -0.39 is 35.6 Å². The van der Waals surface area contributed by atoms with Crippen molar-refractivity contribution in [2.45, 2.75) is 32.8 Å². The number of carbonyl (C=O) groups is 3. The molecule has 1 unspecified atom stereocenters. The van der Waals surface area contributed by atoms with E-state index in [1.165, 1.54) is 4.90 Å². The Kier molecular flexibility index (Phi) is 6.11. The molecule has 0 spiro atoms. The zero-order chi connectivity index (χ0) is 16.9. The molecule has 22 heavy (non-hydrogen) atoms. The van der Waals surface area contributed by atoms with Crippen LogP contribution in [0.1, 0.15) is 27.2 Å². The highest BCUT2D eigenvalue weighted by Crippen LogP contribution is 2.19. The average Bonchev–Trinajstić information content (AvgIpc) is 2.85. The summed E-state index contributed by atoms with van der Waals surface area (Å²) in [6, 6.07) is 0. The maximum atomic E-state index is 12.0. The van der Waals surface area contributed by atoms with E-state index in [-0.39, 0.29) is 6.54 Å². The third-order valence-corrected chi connectivity index (χ3v) is 3.01. The number of likely N-dealkylation sites (tertiary alicyclic amines) is 1. The quantitative estimate of drug-likeness (QED) is 0.373. The molecule has 1 aliphatic heterocycles. The van der Waals surface area contributed by atoms with Crippen LogP contribution in [0.3, 0.4) is 0 Å². The van der Waals surface area contributed by atoms with Gasteiger partial charge in [-0.25, -0.2) is 9.59 Å². The van der Waals surface area contributed by atoms with Crippen LogP contribution in [0.15, 0.2) is 0 Å². The van der Waals surface area contributed by atoms with Crippen LogP contribution >= 0.6 is 9.47 Å². The van der Waals surface area contributed by atoms with Crippen molar-refractivity contribution in [3.63, 3.8) is 0 Å². The first-order chi connectivity index (χ1) is 10.1. The Bertz CT molecular complexity index is 477. The van der Waals surface area contributed by atoms with E-state index >= 15 is 0 Å². The lowest BCUT2D eigenvalue weighted by atomic mass is 10.1. The van der Waals surface area contributed by atoms with E-state index in [2.05, 4.69) is 9.84 Å². The minimum atomic E-state index is -0.878. The molecular formula is C12H21N4O5P. The molecule has 1 rings (SSSR count). The van der Waals surface area contributed by atoms with Crippen LogP contribution in [0.5, 0.6) is 0 Å². The van der Waals surface area contributed by atoms with Gasteiger partial charge < -0.3 is 14.2 Å². The molecule has 1 heterocycles. The normalized spacial score (nSPS) is 17.6. The van der Waals surface area contributed by atoms with Crippen LogP contribution < -0.4 is 10.6 Å². The van der Waals surface area contributed by atoms with Gasteiger partial charge in [-0.1, -0.05) is 0 Å². The molecule has 124 valence electrons. The summed E-state index contributed by atoms with van der Waals surface area (Å²) in [5, 5.41) is 11.7. The average molecular weight is 332 g/mol. The SMILES string of the molecule is CC(C)(C)OC(=O)N1CC[C@H](C(=O)NC(=N)NC(=O)OP)C1. The van der Waals surface area contributed by atoms with Gasteiger partial charge in [0.1, 0.15) is 5.60 Å². The van der Waals surface area contributed by atoms with E-state index in [4.69, 9.17) is 10.1 Å². The Morgan fingerprint density at radius 3 is 2.45 bits per heavy atom. The minimum Gasteiger partial charge on any atom is -0.444 e. The van der Waals surface area contributed by atoms with Crippen LogP contribution in [-0.2, 0) is 14.1 Å². The van der Waals surface area contributed by atoms with Crippen molar-refractivity contribution in [2.75, 3.05) is 13.1 Å². The van der Waals surface area contributed by atoms with Crippen molar-refractivity contribution in [3.05, 3.63) is 0 Å². The van der Waals surface area contributed by atoms with Gasteiger partial charge in [-0.3, -0.25) is 20.8 Å². The van der Waals surface area contributed by atoms with Crippen LogP contribution in [0, 0.1) is 11.3 Å². The molecule has 0 saturated carbocycles. The zero-order valence-corrected chi connectivity index (χ0v) is 13.9. The molecule has 0 aromatic rings. The molecule has 10 heteroatoms. The number of nitrogens with zero attached hydrogens (tertiary/aromatic N) is 1. The van der Waals surface area contributed by atoms with Gasteiger partial charge in [0.15, 0.2) is 0 Å². The van der Waals surface area contributed by atoms with Crippen molar-refractivity contribution in [1.29, 1.82) is 5.41 Å². The molecule has 0 bridgehead atoms. The first kappa shape index (κ1) is 18.2. The van der Waals surface area contributed by atoms with Crippen LogP contribution in [0.25, 0.3) is 0 Å². The van der Waals surface area contributed by atoms with Gasteiger partial charge in [-0.15, -0.1) is 0 Å². The van der Waals surface area contributed by atoms with Crippen molar-refractivity contribution in [1.82, 2.24) is 15.5 Å². The van der Waals surface area contributed by atoms with E-state index in [1.54, 1.807) is 30.2 Å². The molecule has 0 radical (unpaired) electrons. The monoisotopic (exact) mass is 332 g/mol. The van der Waals surface area contributed by atoms with Crippen LogP contribution in [-0.4, -0.2) is 47.6 Å². The number of rotatable bonds is 1.